The van der Waals surface area contributed by atoms with Gasteiger partial charge in [-0.15, -0.1) is 11.3 Å². The zero-order valence-electron chi connectivity index (χ0n) is 78.1. The average molecular weight is 1980 g/mol. The number of ether oxygens (including phenoxy) is 1. The Balaban J connectivity index is 0.000000134. The van der Waals surface area contributed by atoms with Crippen molar-refractivity contribution in [3.05, 3.63) is 366 Å². The van der Waals surface area contributed by atoms with Crippen LogP contribution < -0.4 is 38.7 Å². The molecule has 0 spiro atoms. The number of nitrogens with zero attached hydrogens (tertiary/aromatic N) is 17. The predicted octanol–water partition coefficient (Wildman–Crippen LogP) is 15.6. The molecular formula is C104H97Cl3F3N23O7S. The number of benzene rings is 10. The molecular weight excluding hydrogens is 1880 g/mol. The highest BCUT2D eigenvalue weighted by atomic mass is 35.5. The molecule has 30 nitrogen and oxygen atoms in total. The van der Waals surface area contributed by atoms with Gasteiger partial charge in [0.2, 0.25) is 11.8 Å². The average Bonchev–Trinajstić information content (AvgIpc) is 1.49. The Morgan fingerprint density at radius 1 is 0.546 bits per heavy atom. The Morgan fingerprint density at radius 3 is 1.81 bits per heavy atom. The van der Waals surface area contributed by atoms with E-state index < -0.39 is 57.1 Å². The van der Waals surface area contributed by atoms with Crippen LogP contribution in [-0.4, -0.2) is 154 Å². The number of rotatable bonds is 18. The number of guanidine groups is 5. The Bertz CT molecular complexity index is 7340. The fraction of sp³-hybridized carbons (Fsp3) is 0.202. The molecule has 5 aliphatic heterocycles. The molecule has 37 heteroatoms. The fourth-order valence-corrected chi connectivity index (χ4v) is 18.7. The number of hydrogen-bond donors (Lipinski definition) is 6. The molecule has 0 fully saturated rings. The van der Waals surface area contributed by atoms with Gasteiger partial charge in [-0.05, 0) is 192 Å². The van der Waals surface area contributed by atoms with Crippen LogP contribution in [0.2, 0.25) is 15.1 Å². The molecule has 0 saturated heterocycles. The van der Waals surface area contributed by atoms with Crippen molar-refractivity contribution in [1.82, 2.24) is 59.2 Å². The van der Waals surface area contributed by atoms with Crippen molar-refractivity contribution in [2.75, 3.05) is 35.3 Å². The Morgan fingerprint density at radius 2 is 1.18 bits per heavy atom. The summed E-state index contributed by atoms with van der Waals surface area (Å²) in [4.78, 5) is 107. The van der Waals surface area contributed by atoms with Gasteiger partial charge in [0, 0.05) is 97.4 Å². The second-order valence-corrected chi connectivity index (χ2v) is 36.8. The summed E-state index contributed by atoms with van der Waals surface area (Å²) in [5.74, 6) is -1.86. The first-order chi connectivity index (χ1) is 67.2. The predicted molar refractivity (Wildman–Crippen MR) is 539 cm³/mol. The summed E-state index contributed by atoms with van der Waals surface area (Å²) < 4.78 is 52.2. The number of aryl methyl sites for hydroxylation is 1. The Kier molecular flexibility index (Phi) is 28.8. The number of nitriles is 1. The number of likely N-dealkylation sites (N-methyl/N-ethyl adjacent to an activating group) is 2. The fourth-order valence-electron chi connectivity index (χ4n) is 17.1. The van der Waals surface area contributed by atoms with Crippen LogP contribution in [0.15, 0.2) is 298 Å². The largest absolute Gasteiger partial charge is 0.497 e. The monoisotopic (exact) mass is 1970 g/mol. The van der Waals surface area contributed by atoms with Crippen molar-refractivity contribution >= 4 is 122 Å². The maximum absolute atomic E-state index is 14.1. The lowest BCUT2D eigenvalue weighted by Gasteiger charge is -2.39. The summed E-state index contributed by atoms with van der Waals surface area (Å²) in [6.45, 7) is 8.07. The van der Waals surface area contributed by atoms with E-state index in [0.717, 1.165) is 84.0 Å². The number of nitrogens with two attached hydrogens (primary N) is 5. The number of aromatic nitrogens is 6. The van der Waals surface area contributed by atoms with E-state index in [1.54, 1.807) is 186 Å². The van der Waals surface area contributed by atoms with Crippen molar-refractivity contribution in [2.45, 2.75) is 93.9 Å². The zero-order valence-corrected chi connectivity index (χ0v) is 81.2. The maximum Gasteiger partial charge on any atom is 0.266 e. The van der Waals surface area contributed by atoms with Gasteiger partial charge in [-0.1, -0.05) is 180 Å². The molecule has 0 bridgehead atoms. The molecule has 6 amide bonds. The normalized spacial score (nSPS) is 19.1. The molecule has 0 aliphatic carbocycles. The van der Waals surface area contributed by atoms with Crippen LogP contribution in [0, 0.1) is 28.8 Å². The van der Waals surface area contributed by atoms with Gasteiger partial charge in [0.15, 0.2) is 46.9 Å². The van der Waals surface area contributed by atoms with Crippen LogP contribution in [0.1, 0.15) is 112 Å². The van der Waals surface area contributed by atoms with Crippen molar-refractivity contribution in [2.24, 2.45) is 60.7 Å². The minimum atomic E-state index is -1.39. The number of aliphatic imine (C=N–C) groups is 5. The van der Waals surface area contributed by atoms with Crippen molar-refractivity contribution < 1.29 is 46.7 Å². The molecule has 0 saturated carbocycles. The number of fused-ring (bicyclic) bond motifs is 1. The third kappa shape index (κ3) is 20.6. The number of amides is 6. The Hall–Kier alpha value is -16.1. The van der Waals surface area contributed by atoms with Gasteiger partial charge in [-0.25, -0.2) is 38.1 Å². The van der Waals surface area contributed by atoms with Gasteiger partial charge in [0.1, 0.15) is 34.3 Å². The minimum absolute atomic E-state index is 0.0327. The van der Waals surface area contributed by atoms with E-state index in [-0.39, 0.29) is 89.4 Å². The van der Waals surface area contributed by atoms with Crippen LogP contribution in [0.25, 0.3) is 44.4 Å². The van der Waals surface area contributed by atoms with E-state index in [4.69, 9.17) is 73.5 Å². The van der Waals surface area contributed by atoms with Gasteiger partial charge in [0.05, 0.1) is 72.1 Å². The molecule has 0 radical (unpaired) electrons. The summed E-state index contributed by atoms with van der Waals surface area (Å²) in [6.07, 6.45) is 5.88. The van der Waals surface area contributed by atoms with Crippen LogP contribution >= 0.6 is 46.1 Å². The third-order valence-corrected chi connectivity index (χ3v) is 27.0. The summed E-state index contributed by atoms with van der Waals surface area (Å²) in [6, 6.07) is 74.5. The smallest absolute Gasteiger partial charge is 0.266 e. The molecule has 14 aromatic rings. The number of hydrogen-bond acceptors (Lipinski definition) is 22. The number of carbonyl (C=O) groups excluding carboxylic acids is 6. The molecule has 5 atom stereocenters. The molecule has 141 heavy (non-hydrogen) atoms. The maximum atomic E-state index is 14.1. The van der Waals surface area contributed by atoms with Gasteiger partial charge in [-0.2, -0.15) is 20.6 Å². The van der Waals surface area contributed by atoms with Crippen LogP contribution in [0.4, 0.5) is 13.2 Å². The summed E-state index contributed by atoms with van der Waals surface area (Å²) >= 11 is 19.8. The second-order valence-electron chi connectivity index (χ2n) is 34.7. The molecule has 2 unspecified atom stereocenters. The van der Waals surface area contributed by atoms with E-state index >= 15 is 0 Å². The molecule has 718 valence electrons. The van der Waals surface area contributed by atoms with Gasteiger partial charge in [0.25, 0.3) is 23.6 Å². The first-order valence-electron chi connectivity index (χ1n) is 44.1. The first kappa shape index (κ1) is 99.4. The highest BCUT2D eigenvalue weighted by Gasteiger charge is 2.52. The number of methoxy groups -OCH3 is 1. The van der Waals surface area contributed by atoms with E-state index in [1.165, 1.54) is 48.6 Å². The summed E-state index contributed by atoms with van der Waals surface area (Å²) in [7, 11) is 9.80. The van der Waals surface area contributed by atoms with Crippen LogP contribution in [0.5, 0.6) is 5.75 Å². The molecule has 4 aromatic heterocycles. The van der Waals surface area contributed by atoms with Gasteiger partial charge in [-0.3, -0.25) is 67.3 Å². The second kappa shape index (κ2) is 40.9. The van der Waals surface area contributed by atoms with Crippen molar-refractivity contribution in [1.29, 1.82) is 5.26 Å². The number of thiophene rings is 1. The van der Waals surface area contributed by atoms with E-state index in [1.807, 2.05) is 134 Å². The Labute approximate surface area is 829 Å². The number of carbonyl (C=O) groups is 6. The van der Waals surface area contributed by atoms with Gasteiger partial charge >= 0.3 is 0 Å². The van der Waals surface area contributed by atoms with Crippen molar-refractivity contribution in [3.8, 4) is 45.3 Å². The highest BCUT2D eigenvalue weighted by molar-refractivity contribution is 7.10. The standard InChI is InChI=1S/C26H25ClN4O3.C22H17F2N3O.C20H21N5O.C19H17ClFN5OS.C17H17ClN6O/c1-26(24(33)31(2)25(28)30-26)19-8-4-6-16(12-19)22-14-20(27)11-10-18(22)15-29-23(32)17-7-5-9-21(13-17)34-3;23-18-12-7-13-19(24)17(18)14-27-20(28)22(26-21(27)25,15-8-3-1-4-9-15)16-10-5-2-6-11-16;1-20(11-18(26)24(2)19(21)22-20)16-9-8-15-13-25(23-17(15)10-16)12-14-6-4-3-5-7-14;1-19(15-9-12(10-28-15)11-4-5-14(21)13(20)8-11)16(26-7-3-6-23-26)17(27)25(2)18(22)24-19;1-17(8-15(25)23(2)16(20)21-17)14-7-13(22-24(14)3)11-4-10(9-19)5-12(18)6-11/h4-14H,15H2,1-3H3,(H2,28,30)(H,29,32);1-13H,14H2,(H2,25,26);3-10,13H,11-12H2,1-2H3,(H2,21,22);3-10,16H,1-2H3,(H2,22,24);4-7H,8H2,1-3H3,(H2,20,21)/t;;20-;16?,19-;17-/m..010/s1. The number of halogens is 6. The lowest BCUT2D eigenvalue weighted by atomic mass is 9.83. The zero-order chi connectivity index (χ0) is 101. The summed E-state index contributed by atoms with van der Waals surface area (Å²) in [5.41, 5.74) is 37.0. The minimum Gasteiger partial charge on any atom is -0.497 e. The van der Waals surface area contributed by atoms with Crippen LogP contribution in [0.3, 0.4) is 0 Å². The van der Waals surface area contributed by atoms with E-state index in [9.17, 15) is 41.9 Å². The van der Waals surface area contributed by atoms with E-state index in [2.05, 4.69) is 63.8 Å². The topological polar surface area (TPSA) is 409 Å². The third-order valence-electron chi connectivity index (χ3n) is 25.1. The lowest BCUT2D eigenvalue weighted by molar-refractivity contribution is -0.133. The van der Waals surface area contributed by atoms with Gasteiger partial charge < -0.3 is 38.7 Å². The lowest BCUT2D eigenvalue weighted by Crippen LogP contribution is -2.54. The summed E-state index contributed by atoms with van der Waals surface area (Å²) in [5, 5.41) is 29.6. The molecule has 10 aromatic carbocycles. The number of nitrogens with one attached hydrogen (secondary N) is 1. The highest BCUT2D eigenvalue weighted by Crippen LogP contribution is 2.47. The molecule has 19 rings (SSSR count). The van der Waals surface area contributed by atoms with Crippen molar-refractivity contribution in [3.63, 3.8) is 0 Å². The van der Waals surface area contributed by atoms with E-state index in [0.29, 0.717) is 55.7 Å². The van der Waals surface area contributed by atoms with Crippen LogP contribution in [-0.2, 0) is 78.3 Å². The SMILES string of the molecule is CN1C(=O)C(n2cccn2)[C@@](C)(c2cc(-c3ccc(F)c(Cl)c3)cs2)N=C1N.CN1C(=O)C[C@@](C)(c2cc(-c3cc(Cl)cc(C#N)c3)nn2C)N=C1N.CN1C(=O)C[C@@](C)(c2ccc3cn(Cc4ccccc4)nc3c2)N=C1N.COc1cccc(C(=O)NCc2ccc(Cl)cc2-c2cccc(C3(C)N=C(N)N(C)C3=O)c2)c1.NC1=NC(c2ccccc2)(c2ccccc2)C(=O)N1Cc1c(F)cccc1F. The first-order valence-corrected chi connectivity index (χ1v) is 46.1. The molecule has 11 N–H and O–H groups in total. The molecule has 5 aliphatic rings. The molecule has 9 heterocycles. The quantitative estimate of drug-likeness (QED) is 0.0465.